The smallest absolute Gasteiger partial charge is 0.395 e. The maximum absolute atomic E-state index is 13.5. The van der Waals surface area contributed by atoms with E-state index in [0.717, 1.165) is 22.3 Å². The van der Waals surface area contributed by atoms with Gasteiger partial charge in [0.25, 0.3) is 5.91 Å². The van der Waals surface area contributed by atoms with Crippen LogP contribution in [0.2, 0.25) is 0 Å². The van der Waals surface area contributed by atoms with Crippen LogP contribution in [-0.2, 0) is 11.2 Å². The first-order chi connectivity index (χ1) is 16.8. The molecule has 1 saturated heterocycles. The molecule has 2 aliphatic heterocycles. The van der Waals surface area contributed by atoms with E-state index in [2.05, 4.69) is 9.47 Å². The van der Waals surface area contributed by atoms with Gasteiger partial charge in [-0.05, 0) is 76.2 Å². The normalized spacial score (nSPS) is 17.1. The number of rotatable bonds is 3. The van der Waals surface area contributed by atoms with Crippen LogP contribution in [-0.4, -0.2) is 49.3 Å². The van der Waals surface area contributed by atoms with E-state index in [-0.39, 0.29) is 17.4 Å². The van der Waals surface area contributed by atoms with E-state index in [1.165, 1.54) is 12.1 Å². The number of hydrogen-bond acceptors (Lipinski definition) is 5. The van der Waals surface area contributed by atoms with Gasteiger partial charge in [-0.2, -0.15) is 0 Å². The Balaban J connectivity index is 1.39. The van der Waals surface area contributed by atoms with Crippen LogP contribution in [0.1, 0.15) is 31.8 Å². The minimum Gasteiger partial charge on any atom is -0.395 e. The van der Waals surface area contributed by atoms with Crippen LogP contribution in [0.3, 0.4) is 0 Å². The summed E-state index contributed by atoms with van der Waals surface area (Å²) in [5.41, 5.74) is 11.3. The summed E-state index contributed by atoms with van der Waals surface area (Å²) in [5, 5.41) is 0. The predicted molar refractivity (Wildman–Crippen MR) is 122 cm³/mol. The quantitative estimate of drug-likeness (QED) is 0.484. The summed E-state index contributed by atoms with van der Waals surface area (Å²) >= 11 is 0. The number of benzene rings is 3. The summed E-state index contributed by atoms with van der Waals surface area (Å²) in [6, 6.07) is 13.5. The van der Waals surface area contributed by atoms with Gasteiger partial charge in [0.2, 0.25) is 5.91 Å². The minimum absolute atomic E-state index is 0.0555. The first kappa shape index (κ1) is 21.5. The van der Waals surface area contributed by atoms with Gasteiger partial charge < -0.3 is 24.8 Å². The zero-order valence-electron chi connectivity index (χ0n) is 18.5. The third-order valence-corrected chi connectivity index (χ3v) is 6.56. The molecular weight excluding hydrogens is 458 g/mol. The molecule has 1 aliphatic carbocycles. The number of nitrogens with zero attached hydrogens (tertiary/aromatic N) is 1. The number of primary amides is 1. The molecule has 2 heterocycles. The number of morpholine rings is 1. The molecule has 0 aromatic heterocycles. The average molecular weight is 478 g/mol. The number of carbonyl (C=O) groups excluding carboxylic acids is 2. The summed E-state index contributed by atoms with van der Waals surface area (Å²) in [6.45, 7) is 2.13. The monoisotopic (exact) mass is 478 g/mol. The molecule has 2 amide bonds. The molecule has 35 heavy (non-hydrogen) atoms. The lowest BCUT2D eigenvalue weighted by Crippen LogP contribution is -2.40. The molecule has 2 N–H and O–H groups in total. The molecule has 1 fully saturated rings. The van der Waals surface area contributed by atoms with Gasteiger partial charge in [0, 0.05) is 24.2 Å². The molecule has 9 heteroatoms. The fourth-order valence-electron chi connectivity index (χ4n) is 4.89. The molecule has 0 unspecified atom stereocenters. The molecule has 0 saturated carbocycles. The van der Waals surface area contributed by atoms with Crippen molar-refractivity contribution in [1.82, 2.24) is 4.90 Å². The number of alkyl halides is 2. The van der Waals surface area contributed by atoms with Crippen molar-refractivity contribution in [2.24, 2.45) is 5.73 Å². The van der Waals surface area contributed by atoms with Gasteiger partial charge in [0.05, 0.1) is 13.2 Å². The molecule has 0 radical (unpaired) electrons. The molecule has 6 rings (SSSR count). The highest BCUT2D eigenvalue weighted by molar-refractivity contribution is 6.01. The van der Waals surface area contributed by atoms with E-state index in [1.807, 2.05) is 18.2 Å². The van der Waals surface area contributed by atoms with Crippen molar-refractivity contribution in [3.8, 4) is 33.8 Å². The van der Waals surface area contributed by atoms with E-state index in [4.69, 9.17) is 10.5 Å². The summed E-state index contributed by atoms with van der Waals surface area (Å²) in [4.78, 5) is 27.1. The Morgan fingerprint density at radius 3 is 2.43 bits per heavy atom. The van der Waals surface area contributed by atoms with Crippen LogP contribution in [0.15, 0.2) is 48.5 Å². The Morgan fingerprint density at radius 2 is 1.66 bits per heavy atom. The first-order valence-corrected chi connectivity index (χ1v) is 11.2. The molecule has 3 aromatic rings. The number of nitrogens with two attached hydrogens (primary N) is 1. The standard InChI is InChI=1S/C26H20F2N2O5/c27-26(28)34-22-4-2-14(13-23(22)35-26)16-10-19-18-3-1-15(25(32)30-5-7-33-8-6-30)9-17(18)12-20(19)21(11-16)24(29)31/h1-4,9-11,13H,5-8,12H2,(H2,29,31). The van der Waals surface area contributed by atoms with Crippen molar-refractivity contribution in [2.75, 3.05) is 26.3 Å². The number of amides is 2. The van der Waals surface area contributed by atoms with E-state index >= 15 is 0 Å². The predicted octanol–water partition coefficient (Wildman–Crippen LogP) is 3.82. The molecule has 3 aliphatic rings. The second kappa shape index (κ2) is 7.78. The lowest BCUT2D eigenvalue weighted by Gasteiger charge is -2.27. The van der Waals surface area contributed by atoms with Crippen molar-refractivity contribution in [1.29, 1.82) is 0 Å². The fourth-order valence-corrected chi connectivity index (χ4v) is 4.89. The van der Waals surface area contributed by atoms with E-state index < -0.39 is 12.2 Å². The largest absolute Gasteiger partial charge is 0.586 e. The lowest BCUT2D eigenvalue weighted by atomic mass is 9.94. The van der Waals surface area contributed by atoms with Gasteiger partial charge in [-0.3, -0.25) is 9.59 Å². The fraction of sp³-hybridized carbons (Fsp3) is 0.231. The summed E-state index contributed by atoms with van der Waals surface area (Å²) < 4.78 is 41.3. The van der Waals surface area contributed by atoms with Crippen molar-refractivity contribution in [3.05, 3.63) is 70.8 Å². The van der Waals surface area contributed by atoms with Crippen molar-refractivity contribution < 1.29 is 32.6 Å². The second-order valence-electron chi connectivity index (χ2n) is 8.70. The van der Waals surface area contributed by atoms with Crippen LogP contribution < -0.4 is 15.2 Å². The molecular formula is C26H20F2N2O5. The summed E-state index contributed by atoms with van der Waals surface area (Å²) in [6.07, 6.45) is -3.26. The van der Waals surface area contributed by atoms with Crippen molar-refractivity contribution in [2.45, 2.75) is 12.7 Å². The Labute approximate surface area is 199 Å². The third kappa shape index (κ3) is 3.68. The highest BCUT2D eigenvalue weighted by atomic mass is 19.3. The van der Waals surface area contributed by atoms with Gasteiger partial charge in [-0.15, -0.1) is 8.78 Å². The van der Waals surface area contributed by atoms with Gasteiger partial charge in [-0.25, -0.2) is 0 Å². The van der Waals surface area contributed by atoms with Crippen LogP contribution >= 0.6 is 0 Å². The molecule has 7 nitrogen and oxygen atoms in total. The van der Waals surface area contributed by atoms with E-state index in [0.29, 0.717) is 55.0 Å². The Morgan fingerprint density at radius 1 is 0.886 bits per heavy atom. The Hall–Kier alpha value is -3.98. The van der Waals surface area contributed by atoms with Gasteiger partial charge >= 0.3 is 6.29 Å². The number of fused-ring (bicyclic) bond motifs is 4. The van der Waals surface area contributed by atoms with Gasteiger partial charge in [0.1, 0.15) is 0 Å². The Kier molecular flexibility index (Phi) is 4.79. The van der Waals surface area contributed by atoms with Gasteiger partial charge in [-0.1, -0.05) is 12.1 Å². The number of hydrogen-bond donors (Lipinski definition) is 1. The highest BCUT2D eigenvalue weighted by Gasteiger charge is 2.43. The lowest BCUT2D eigenvalue weighted by molar-refractivity contribution is -0.286. The van der Waals surface area contributed by atoms with Crippen molar-refractivity contribution in [3.63, 3.8) is 0 Å². The maximum Gasteiger partial charge on any atom is 0.586 e. The summed E-state index contributed by atoms with van der Waals surface area (Å²) in [7, 11) is 0. The number of halogens is 2. The maximum atomic E-state index is 13.5. The molecule has 0 bridgehead atoms. The zero-order chi connectivity index (χ0) is 24.3. The molecule has 0 spiro atoms. The zero-order valence-corrected chi connectivity index (χ0v) is 18.5. The van der Waals surface area contributed by atoms with Crippen LogP contribution in [0.25, 0.3) is 22.3 Å². The Bertz CT molecular complexity index is 1400. The molecule has 3 aromatic carbocycles. The first-order valence-electron chi connectivity index (χ1n) is 11.2. The number of carbonyl (C=O) groups is 2. The highest BCUT2D eigenvalue weighted by Crippen LogP contribution is 2.45. The molecule has 0 atom stereocenters. The molecule has 178 valence electrons. The van der Waals surface area contributed by atoms with E-state index in [1.54, 1.807) is 23.1 Å². The summed E-state index contributed by atoms with van der Waals surface area (Å²) in [5.74, 6) is -0.786. The van der Waals surface area contributed by atoms with E-state index in [9.17, 15) is 18.4 Å². The van der Waals surface area contributed by atoms with Gasteiger partial charge in [0.15, 0.2) is 11.5 Å². The topological polar surface area (TPSA) is 91.1 Å². The minimum atomic E-state index is -3.72. The average Bonchev–Trinajstić information content (AvgIpc) is 3.37. The van der Waals surface area contributed by atoms with Crippen molar-refractivity contribution >= 4 is 11.8 Å². The second-order valence-corrected chi connectivity index (χ2v) is 8.70. The third-order valence-electron chi connectivity index (χ3n) is 6.56. The van der Waals surface area contributed by atoms with Crippen LogP contribution in [0.5, 0.6) is 11.5 Å². The SMILES string of the molecule is NC(=O)c1cc(-c2ccc3c(c2)OC(F)(F)O3)cc2c1Cc1cc(C(=O)N3CCOCC3)ccc1-2. The number of ether oxygens (including phenoxy) is 3. The van der Waals surface area contributed by atoms with Crippen LogP contribution in [0, 0.1) is 0 Å². The van der Waals surface area contributed by atoms with Crippen LogP contribution in [0.4, 0.5) is 8.78 Å².